The van der Waals surface area contributed by atoms with Crippen LogP contribution in [0.3, 0.4) is 0 Å². The molecule has 1 atom stereocenters. The van der Waals surface area contributed by atoms with Crippen LogP contribution in [0.4, 0.5) is 10.6 Å². The van der Waals surface area contributed by atoms with Crippen LogP contribution >= 0.6 is 0 Å². The molecule has 0 saturated carbocycles. The number of anilines is 1. The summed E-state index contributed by atoms with van der Waals surface area (Å²) in [5.41, 5.74) is 2.38. The van der Waals surface area contributed by atoms with Gasteiger partial charge in [0.1, 0.15) is 5.82 Å². The van der Waals surface area contributed by atoms with Crippen molar-refractivity contribution < 1.29 is 14.3 Å². The fourth-order valence-electron chi connectivity index (χ4n) is 3.66. The van der Waals surface area contributed by atoms with Crippen LogP contribution in [0.15, 0.2) is 36.7 Å². The summed E-state index contributed by atoms with van der Waals surface area (Å²) in [5.74, 6) is 1.36. The third-order valence-corrected chi connectivity index (χ3v) is 5.25. The fourth-order valence-corrected chi connectivity index (χ4v) is 3.66. The number of carbonyl (C=O) groups excluding carboxylic acids is 1. The Bertz CT molecular complexity index is 1050. The first-order valence-electron chi connectivity index (χ1n) is 10.0. The molecule has 1 saturated heterocycles. The molecule has 3 aromatic heterocycles. The number of fused-ring (bicyclic) bond motifs is 1. The topological polar surface area (TPSA) is 85.1 Å². The number of imidazole rings is 1. The zero-order chi connectivity index (χ0) is 21.3. The van der Waals surface area contributed by atoms with Crippen molar-refractivity contribution in [3.63, 3.8) is 0 Å². The molecule has 1 aliphatic heterocycles. The van der Waals surface area contributed by atoms with Gasteiger partial charge in [-0.15, -0.1) is 5.10 Å². The molecular formula is C21H26N6O3. The normalized spacial score (nSPS) is 16.3. The Labute approximate surface area is 175 Å². The highest BCUT2D eigenvalue weighted by Crippen LogP contribution is 2.29. The van der Waals surface area contributed by atoms with Crippen molar-refractivity contribution in [3.8, 4) is 17.1 Å². The number of pyridine rings is 1. The van der Waals surface area contributed by atoms with Gasteiger partial charge in [0.05, 0.1) is 36.7 Å². The number of carbonyl (C=O) groups is 1. The van der Waals surface area contributed by atoms with Gasteiger partial charge < -0.3 is 19.3 Å². The van der Waals surface area contributed by atoms with Crippen LogP contribution in [0.1, 0.15) is 20.3 Å². The zero-order valence-corrected chi connectivity index (χ0v) is 17.6. The Kier molecular flexibility index (Phi) is 5.43. The number of ether oxygens (including phenoxy) is 2. The highest BCUT2D eigenvalue weighted by Gasteiger charge is 2.30. The van der Waals surface area contributed by atoms with Crippen molar-refractivity contribution in [1.82, 2.24) is 24.5 Å². The van der Waals surface area contributed by atoms with Gasteiger partial charge >= 0.3 is 6.09 Å². The number of methoxy groups -OCH3 is 1. The number of hydrogen-bond donors (Lipinski definition) is 0. The maximum Gasteiger partial charge on any atom is 0.410 e. The molecule has 0 radical (unpaired) electrons. The lowest BCUT2D eigenvalue weighted by Crippen LogP contribution is -2.40. The Morgan fingerprint density at radius 3 is 2.87 bits per heavy atom. The summed E-state index contributed by atoms with van der Waals surface area (Å²) in [6.07, 6.45) is 3.90. The standard InChI is InChI=1S/C21H26N6O3/c1-14(2)30-21(28)25(3)15-9-11-26(13-15)19-8-7-18-23-12-17(27(18)24-19)16-6-5-10-22-20(16)29-4/h5-8,10,12,14-15H,9,11,13H2,1-4H3/t15-/m1/s1. The lowest BCUT2D eigenvalue weighted by molar-refractivity contribution is 0.0748. The van der Waals surface area contributed by atoms with E-state index in [1.54, 1.807) is 36.0 Å². The number of nitrogens with zero attached hydrogens (tertiary/aromatic N) is 6. The summed E-state index contributed by atoms with van der Waals surface area (Å²) < 4.78 is 12.5. The predicted molar refractivity (Wildman–Crippen MR) is 113 cm³/mol. The van der Waals surface area contributed by atoms with E-state index >= 15 is 0 Å². The minimum absolute atomic E-state index is 0.0782. The van der Waals surface area contributed by atoms with Crippen LogP contribution in [-0.4, -0.2) is 70.0 Å². The van der Waals surface area contributed by atoms with Gasteiger partial charge in [0.25, 0.3) is 0 Å². The van der Waals surface area contributed by atoms with E-state index < -0.39 is 0 Å². The van der Waals surface area contributed by atoms with E-state index in [1.807, 2.05) is 38.1 Å². The summed E-state index contributed by atoms with van der Waals surface area (Å²) in [6, 6.07) is 7.78. The molecule has 0 spiro atoms. The summed E-state index contributed by atoms with van der Waals surface area (Å²) >= 11 is 0. The highest BCUT2D eigenvalue weighted by molar-refractivity contribution is 5.69. The molecule has 9 nitrogen and oxygen atoms in total. The van der Waals surface area contributed by atoms with Crippen molar-refractivity contribution in [2.24, 2.45) is 0 Å². The Balaban J connectivity index is 1.58. The Morgan fingerprint density at radius 1 is 1.27 bits per heavy atom. The van der Waals surface area contributed by atoms with Gasteiger partial charge in [-0.05, 0) is 44.5 Å². The second kappa shape index (κ2) is 8.17. The van der Waals surface area contributed by atoms with Gasteiger partial charge in [-0.2, -0.15) is 0 Å². The number of likely N-dealkylation sites (N-methyl/N-ethyl adjacent to an activating group) is 1. The van der Waals surface area contributed by atoms with Crippen LogP contribution in [0.2, 0.25) is 0 Å². The minimum Gasteiger partial charge on any atom is -0.481 e. The second-order valence-corrected chi connectivity index (χ2v) is 7.60. The van der Waals surface area contributed by atoms with Crippen molar-refractivity contribution in [1.29, 1.82) is 0 Å². The fraction of sp³-hybridized carbons (Fsp3) is 0.429. The van der Waals surface area contributed by atoms with Gasteiger partial charge in [-0.3, -0.25) is 0 Å². The van der Waals surface area contributed by atoms with Crippen LogP contribution in [0.5, 0.6) is 5.88 Å². The van der Waals surface area contributed by atoms with Crippen LogP contribution < -0.4 is 9.64 Å². The number of amides is 1. The van der Waals surface area contributed by atoms with Gasteiger partial charge in [0, 0.05) is 26.3 Å². The molecule has 0 N–H and O–H groups in total. The molecule has 4 heterocycles. The molecule has 0 aliphatic carbocycles. The highest BCUT2D eigenvalue weighted by atomic mass is 16.6. The second-order valence-electron chi connectivity index (χ2n) is 7.60. The summed E-state index contributed by atoms with van der Waals surface area (Å²) in [6.45, 7) is 5.21. The first-order chi connectivity index (χ1) is 14.5. The van der Waals surface area contributed by atoms with Gasteiger partial charge in [-0.1, -0.05) is 0 Å². The predicted octanol–water partition coefficient (Wildman–Crippen LogP) is 2.86. The summed E-state index contributed by atoms with van der Waals surface area (Å²) in [7, 11) is 3.39. The van der Waals surface area contributed by atoms with Crippen LogP contribution in [-0.2, 0) is 4.74 Å². The maximum atomic E-state index is 12.2. The van der Waals surface area contributed by atoms with Crippen molar-refractivity contribution in [2.45, 2.75) is 32.4 Å². The summed E-state index contributed by atoms with van der Waals surface area (Å²) in [4.78, 5) is 24.8. The van der Waals surface area contributed by atoms with Crippen LogP contribution in [0.25, 0.3) is 16.9 Å². The van der Waals surface area contributed by atoms with Gasteiger partial charge in [0.2, 0.25) is 5.88 Å². The van der Waals surface area contributed by atoms with Crippen molar-refractivity contribution >= 4 is 17.6 Å². The molecule has 30 heavy (non-hydrogen) atoms. The van der Waals surface area contributed by atoms with Crippen molar-refractivity contribution in [3.05, 3.63) is 36.7 Å². The average Bonchev–Trinajstić information content (AvgIpc) is 3.39. The van der Waals surface area contributed by atoms with Crippen LogP contribution in [0, 0.1) is 0 Å². The minimum atomic E-state index is -0.291. The molecule has 158 valence electrons. The third-order valence-electron chi connectivity index (χ3n) is 5.25. The molecule has 0 bridgehead atoms. The zero-order valence-electron chi connectivity index (χ0n) is 17.6. The molecule has 0 unspecified atom stereocenters. The number of rotatable bonds is 5. The lowest BCUT2D eigenvalue weighted by atomic mass is 10.2. The molecular weight excluding hydrogens is 384 g/mol. The molecule has 4 rings (SSSR count). The Hall–Kier alpha value is -3.36. The molecule has 1 fully saturated rings. The molecule has 0 aromatic carbocycles. The van der Waals surface area contributed by atoms with E-state index in [0.717, 1.165) is 35.7 Å². The smallest absolute Gasteiger partial charge is 0.410 e. The third kappa shape index (κ3) is 3.74. The monoisotopic (exact) mass is 410 g/mol. The SMILES string of the molecule is COc1ncccc1-c1cnc2ccc(N3CC[C@@H](N(C)C(=O)OC(C)C)C3)nn12. The van der Waals surface area contributed by atoms with E-state index in [4.69, 9.17) is 14.6 Å². The largest absolute Gasteiger partial charge is 0.481 e. The van der Waals surface area contributed by atoms with E-state index in [0.29, 0.717) is 12.4 Å². The van der Waals surface area contributed by atoms with E-state index in [1.165, 1.54) is 0 Å². The number of aromatic nitrogens is 4. The van der Waals surface area contributed by atoms with Gasteiger partial charge in [0.15, 0.2) is 5.65 Å². The lowest BCUT2D eigenvalue weighted by Gasteiger charge is -2.25. The first-order valence-corrected chi connectivity index (χ1v) is 10.0. The first kappa shape index (κ1) is 19.9. The van der Waals surface area contributed by atoms with Crippen molar-refractivity contribution in [2.75, 3.05) is 32.1 Å². The van der Waals surface area contributed by atoms with E-state index in [9.17, 15) is 4.79 Å². The Morgan fingerprint density at radius 2 is 2.10 bits per heavy atom. The summed E-state index contributed by atoms with van der Waals surface area (Å²) in [5, 5.41) is 4.82. The maximum absolute atomic E-state index is 12.2. The quantitative estimate of drug-likeness (QED) is 0.639. The molecule has 9 heteroatoms. The molecule has 3 aromatic rings. The number of hydrogen-bond acceptors (Lipinski definition) is 7. The molecule has 1 amide bonds. The van der Waals surface area contributed by atoms with Gasteiger partial charge in [-0.25, -0.2) is 19.3 Å². The van der Waals surface area contributed by atoms with E-state index in [2.05, 4.69) is 14.9 Å². The van der Waals surface area contributed by atoms with E-state index in [-0.39, 0.29) is 18.2 Å². The molecule has 1 aliphatic rings. The average molecular weight is 410 g/mol.